The van der Waals surface area contributed by atoms with Crippen molar-refractivity contribution in [2.24, 2.45) is 0 Å². The third kappa shape index (κ3) is 1.78. The minimum atomic E-state index is -0.646. The summed E-state index contributed by atoms with van der Waals surface area (Å²) in [4.78, 5) is 0. The van der Waals surface area contributed by atoms with Gasteiger partial charge in [-0.3, -0.25) is 0 Å². The maximum Gasteiger partial charge on any atom is 0.274 e. The maximum atomic E-state index is 8.67. The van der Waals surface area contributed by atoms with Gasteiger partial charge in [0, 0.05) is 6.08 Å². The first-order valence-corrected chi connectivity index (χ1v) is 3.77. The van der Waals surface area contributed by atoms with Crippen LogP contribution in [0.2, 0.25) is 0 Å². The maximum absolute atomic E-state index is 8.67. The van der Waals surface area contributed by atoms with Gasteiger partial charge in [0.1, 0.15) is 0 Å². The number of rotatable bonds is 1. The number of hydrogen-bond donors (Lipinski definition) is 2. The van der Waals surface area contributed by atoms with Crippen molar-refractivity contribution in [2.45, 2.75) is 13.8 Å². The highest BCUT2D eigenvalue weighted by molar-refractivity contribution is 5.57. The van der Waals surface area contributed by atoms with E-state index in [0.29, 0.717) is 0 Å². The second kappa shape index (κ2) is 3.30. The van der Waals surface area contributed by atoms with Gasteiger partial charge in [0.05, 0.1) is 0 Å². The first kappa shape index (κ1) is 8.65. The van der Waals surface area contributed by atoms with Crippen LogP contribution in [0.3, 0.4) is 0 Å². The Balaban J connectivity index is 3.22. The molecule has 0 fully saturated rings. The normalized spacial score (nSPS) is 9.50. The summed E-state index contributed by atoms with van der Waals surface area (Å²) < 4.78 is 0. The van der Waals surface area contributed by atoms with Crippen molar-refractivity contribution < 1.29 is 10.2 Å². The molecule has 0 aromatic heterocycles. The van der Waals surface area contributed by atoms with Crippen molar-refractivity contribution in [1.29, 1.82) is 0 Å². The van der Waals surface area contributed by atoms with Crippen LogP contribution < -0.4 is 0 Å². The number of aryl methyl sites for hydroxylation is 2. The second-order valence-electron chi connectivity index (χ2n) is 2.81. The molecule has 0 aliphatic heterocycles. The van der Waals surface area contributed by atoms with Gasteiger partial charge < -0.3 is 10.2 Å². The van der Waals surface area contributed by atoms with E-state index in [-0.39, 0.29) is 0 Å². The summed E-state index contributed by atoms with van der Waals surface area (Å²) in [6.45, 7) is 3.86. The lowest BCUT2D eigenvalue weighted by Crippen LogP contribution is -1.87. The van der Waals surface area contributed by atoms with Gasteiger partial charge >= 0.3 is 0 Å². The Bertz CT molecular complexity index is 289. The quantitative estimate of drug-likeness (QED) is 0.626. The molecule has 0 heterocycles. The molecule has 64 valence electrons. The van der Waals surface area contributed by atoms with Crippen LogP contribution in [0.25, 0.3) is 6.08 Å². The lowest BCUT2D eigenvalue weighted by molar-refractivity contribution is 0.197. The van der Waals surface area contributed by atoms with Crippen LogP contribution in [-0.4, -0.2) is 10.2 Å². The summed E-state index contributed by atoms with van der Waals surface area (Å²) in [5.74, 6) is -0.646. The Kier molecular flexibility index (Phi) is 2.38. The monoisotopic (exact) mass is 164 g/mol. The van der Waals surface area contributed by atoms with E-state index in [0.717, 1.165) is 16.7 Å². The lowest BCUT2D eigenvalue weighted by atomic mass is 10.0. The summed E-state index contributed by atoms with van der Waals surface area (Å²) in [6.07, 6.45) is 1.35. The van der Waals surface area contributed by atoms with Gasteiger partial charge in [0.25, 0.3) is 5.95 Å². The highest BCUT2D eigenvalue weighted by Gasteiger charge is 1.99. The smallest absolute Gasteiger partial charge is 0.274 e. The first-order valence-electron chi connectivity index (χ1n) is 3.77. The van der Waals surface area contributed by atoms with Crippen LogP contribution in [-0.2, 0) is 0 Å². The average molecular weight is 164 g/mol. The molecule has 0 radical (unpaired) electrons. The summed E-state index contributed by atoms with van der Waals surface area (Å²) in [6, 6.07) is 5.81. The predicted molar refractivity (Wildman–Crippen MR) is 49.2 cm³/mol. The molecule has 2 heteroatoms. The van der Waals surface area contributed by atoms with Crippen LogP contribution in [0.5, 0.6) is 0 Å². The summed E-state index contributed by atoms with van der Waals surface area (Å²) >= 11 is 0. The Morgan fingerprint density at radius 1 is 1.17 bits per heavy atom. The number of aliphatic hydroxyl groups excluding tert-OH is 1. The molecule has 0 amide bonds. The van der Waals surface area contributed by atoms with Crippen molar-refractivity contribution in [3.8, 4) is 0 Å². The molecule has 0 atom stereocenters. The van der Waals surface area contributed by atoms with E-state index in [1.54, 1.807) is 0 Å². The van der Waals surface area contributed by atoms with Gasteiger partial charge in [-0.25, -0.2) is 0 Å². The summed E-state index contributed by atoms with van der Waals surface area (Å²) in [7, 11) is 0. The molecule has 0 bridgehead atoms. The molecule has 1 rings (SSSR count). The molecule has 0 saturated heterocycles. The largest absolute Gasteiger partial charge is 0.481 e. The van der Waals surface area contributed by atoms with Gasteiger partial charge in [0.15, 0.2) is 0 Å². The SMILES string of the molecule is Cc1cccc(C)c1C=C(O)O. The molecular formula is C10H12O2. The molecule has 1 aromatic rings. The number of benzene rings is 1. The fourth-order valence-corrected chi connectivity index (χ4v) is 1.18. The van der Waals surface area contributed by atoms with Crippen molar-refractivity contribution in [1.82, 2.24) is 0 Å². The molecule has 0 aliphatic carbocycles. The highest BCUT2D eigenvalue weighted by Crippen LogP contribution is 2.15. The first-order chi connectivity index (χ1) is 5.61. The zero-order chi connectivity index (χ0) is 9.14. The van der Waals surface area contributed by atoms with Crippen molar-refractivity contribution >= 4 is 6.08 Å². The van der Waals surface area contributed by atoms with E-state index in [1.807, 2.05) is 32.0 Å². The Morgan fingerprint density at radius 2 is 1.67 bits per heavy atom. The minimum Gasteiger partial charge on any atom is -0.481 e. The number of hydrogen-bond acceptors (Lipinski definition) is 2. The second-order valence-corrected chi connectivity index (χ2v) is 2.81. The van der Waals surface area contributed by atoms with E-state index in [9.17, 15) is 0 Å². The van der Waals surface area contributed by atoms with Gasteiger partial charge in [0.2, 0.25) is 0 Å². The standard InChI is InChI=1S/C10H12O2/c1-7-4-3-5-8(2)9(7)6-10(11)12/h3-6,11-12H,1-2H3. The summed E-state index contributed by atoms with van der Waals surface area (Å²) in [5, 5.41) is 17.3. The van der Waals surface area contributed by atoms with E-state index >= 15 is 0 Å². The van der Waals surface area contributed by atoms with Crippen LogP contribution >= 0.6 is 0 Å². The van der Waals surface area contributed by atoms with E-state index in [2.05, 4.69) is 0 Å². The zero-order valence-corrected chi connectivity index (χ0v) is 7.20. The molecule has 0 unspecified atom stereocenters. The van der Waals surface area contributed by atoms with Gasteiger partial charge in [-0.1, -0.05) is 18.2 Å². The highest BCUT2D eigenvalue weighted by atomic mass is 16.5. The molecule has 0 aliphatic rings. The Hall–Kier alpha value is -1.44. The summed E-state index contributed by atoms with van der Waals surface area (Å²) in [5.41, 5.74) is 2.95. The molecule has 1 aromatic carbocycles. The molecule has 0 spiro atoms. The Labute approximate surface area is 71.8 Å². The molecular weight excluding hydrogens is 152 g/mol. The van der Waals surface area contributed by atoms with Gasteiger partial charge in [-0.15, -0.1) is 0 Å². The lowest BCUT2D eigenvalue weighted by Gasteiger charge is -2.03. The van der Waals surface area contributed by atoms with E-state index < -0.39 is 5.95 Å². The van der Waals surface area contributed by atoms with Gasteiger partial charge in [-0.05, 0) is 30.5 Å². The third-order valence-electron chi connectivity index (χ3n) is 1.82. The molecule has 2 nitrogen and oxygen atoms in total. The van der Waals surface area contributed by atoms with Crippen LogP contribution in [0.4, 0.5) is 0 Å². The Morgan fingerprint density at radius 3 is 2.08 bits per heavy atom. The van der Waals surface area contributed by atoms with Crippen molar-refractivity contribution in [2.75, 3.05) is 0 Å². The third-order valence-corrected chi connectivity index (χ3v) is 1.82. The van der Waals surface area contributed by atoms with E-state index in [1.165, 1.54) is 6.08 Å². The minimum absolute atomic E-state index is 0.646. The van der Waals surface area contributed by atoms with Crippen LogP contribution in [0.1, 0.15) is 16.7 Å². The number of aliphatic hydroxyl groups is 2. The van der Waals surface area contributed by atoms with Crippen LogP contribution in [0.15, 0.2) is 24.1 Å². The van der Waals surface area contributed by atoms with Crippen LogP contribution in [0, 0.1) is 13.8 Å². The topological polar surface area (TPSA) is 40.5 Å². The zero-order valence-electron chi connectivity index (χ0n) is 7.20. The fourth-order valence-electron chi connectivity index (χ4n) is 1.18. The molecule has 12 heavy (non-hydrogen) atoms. The fraction of sp³-hybridized carbons (Fsp3) is 0.200. The van der Waals surface area contributed by atoms with Crippen molar-refractivity contribution in [3.63, 3.8) is 0 Å². The molecule has 2 N–H and O–H groups in total. The predicted octanol–water partition coefficient (Wildman–Crippen LogP) is 2.72. The average Bonchev–Trinajstić information content (AvgIpc) is 1.97. The van der Waals surface area contributed by atoms with E-state index in [4.69, 9.17) is 10.2 Å². The van der Waals surface area contributed by atoms with Gasteiger partial charge in [-0.2, -0.15) is 0 Å². The van der Waals surface area contributed by atoms with Crippen molar-refractivity contribution in [3.05, 3.63) is 40.8 Å². The molecule has 0 saturated carbocycles.